The Kier molecular flexibility index (Phi) is 3.20. The van der Waals surface area contributed by atoms with Crippen LogP contribution in [0.1, 0.15) is 6.92 Å². The second-order valence-corrected chi connectivity index (χ2v) is 1.56. The quantitative estimate of drug-likeness (QED) is 0.400. The summed E-state index contributed by atoms with van der Waals surface area (Å²) in [5.74, 6) is -0.145. The van der Waals surface area contributed by atoms with Crippen molar-refractivity contribution in [1.82, 2.24) is 0 Å². The summed E-state index contributed by atoms with van der Waals surface area (Å²) in [4.78, 5) is 10.4. The molecule has 0 rings (SSSR count). The van der Waals surface area contributed by atoms with Crippen molar-refractivity contribution in [2.45, 2.75) is 6.92 Å². The second-order valence-electron chi connectivity index (χ2n) is 1.56. The van der Waals surface area contributed by atoms with Crippen LogP contribution in [0.15, 0.2) is 24.0 Å². The number of nitrogens with two attached hydrogens (primary N) is 2. The number of carbonyl (C=O) groups is 1. The molecule has 0 radical (unpaired) electrons. The van der Waals surface area contributed by atoms with Crippen molar-refractivity contribution in [3.05, 3.63) is 24.0 Å². The van der Waals surface area contributed by atoms with Crippen molar-refractivity contribution in [2.75, 3.05) is 0 Å². The van der Waals surface area contributed by atoms with Gasteiger partial charge in [0.25, 0.3) is 0 Å². The summed E-state index contributed by atoms with van der Waals surface area (Å²) in [5.41, 5.74) is 10.4. The maximum atomic E-state index is 10.4. The number of rotatable bonds is 2. The van der Waals surface area contributed by atoms with Gasteiger partial charge in [0.2, 0.25) is 0 Å². The minimum absolute atomic E-state index is 0.145. The van der Waals surface area contributed by atoms with Crippen LogP contribution >= 0.6 is 0 Å². The monoisotopic (exact) mass is 126 g/mol. The fraction of sp³-hybridized carbons (Fsp3) is 0.167. The van der Waals surface area contributed by atoms with Crippen molar-refractivity contribution < 1.29 is 4.79 Å². The highest BCUT2D eigenvalue weighted by molar-refractivity contribution is 5.92. The SMILES string of the molecule is CC(=O)/C(N)=C/C=C\N. The van der Waals surface area contributed by atoms with E-state index in [0.717, 1.165) is 0 Å². The van der Waals surface area contributed by atoms with Gasteiger partial charge in [-0.15, -0.1) is 0 Å². The van der Waals surface area contributed by atoms with Gasteiger partial charge in [-0.3, -0.25) is 4.79 Å². The van der Waals surface area contributed by atoms with Gasteiger partial charge in [0.1, 0.15) is 0 Å². The highest BCUT2D eigenvalue weighted by Crippen LogP contribution is 1.84. The maximum Gasteiger partial charge on any atom is 0.175 e. The molecule has 4 N–H and O–H groups in total. The summed E-state index contributed by atoms with van der Waals surface area (Å²) in [6, 6.07) is 0. The van der Waals surface area contributed by atoms with Crippen LogP contribution in [0.25, 0.3) is 0 Å². The Morgan fingerprint density at radius 3 is 2.44 bits per heavy atom. The summed E-state index contributed by atoms with van der Waals surface area (Å²) in [5, 5.41) is 0. The van der Waals surface area contributed by atoms with Gasteiger partial charge in [-0.25, -0.2) is 0 Å². The minimum atomic E-state index is -0.145. The average Bonchev–Trinajstić information content (AvgIpc) is 1.82. The Morgan fingerprint density at radius 2 is 2.11 bits per heavy atom. The molecular formula is C6H10N2O. The third-order valence-corrected chi connectivity index (χ3v) is 0.793. The van der Waals surface area contributed by atoms with Crippen molar-refractivity contribution in [2.24, 2.45) is 11.5 Å². The molecule has 0 heterocycles. The van der Waals surface area contributed by atoms with Crippen molar-refractivity contribution in [3.63, 3.8) is 0 Å². The van der Waals surface area contributed by atoms with E-state index in [1.165, 1.54) is 25.3 Å². The summed E-state index contributed by atoms with van der Waals surface area (Å²) in [7, 11) is 0. The second kappa shape index (κ2) is 3.72. The number of ketones is 1. The molecule has 0 aliphatic rings. The lowest BCUT2D eigenvalue weighted by atomic mass is 10.3. The van der Waals surface area contributed by atoms with Crippen LogP contribution < -0.4 is 11.5 Å². The third kappa shape index (κ3) is 3.34. The standard InChI is InChI=1S/C6H10N2O/c1-5(9)6(8)3-2-4-7/h2-4H,7-8H2,1H3/b4-2-,6-3-. The molecule has 0 fully saturated rings. The van der Waals surface area contributed by atoms with E-state index in [9.17, 15) is 4.79 Å². The predicted octanol–water partition coefficient (Wildman–Crippen LogP) is -0.110. The van der Waals surface area contributed by atoms with E-state index < -0.39 is 0 Å². The van der Waals surface area contributed by atoms with E-state index >= 15 is 0 Å². The van der Waals surface area contributed by atoms with Gasteiger partial charge in [0.15, 0.2) is 5.78 Å². The zero-order chi connectivity index (χ0) is 7.28. The number of Topliss-reactive ketones (excluding diaryl/α,β-unsaturated/α-hetero) is 1. The molecule has 0 atom stereocenters. The first-order chi connectivity index (χ1) is 4.18. The van der Waals surface area contributed by atoms with Crippen LogP contribution in [0.4, 0.5) is 0 Å². The fourth-order valence-electron chi connectivity index (χ4n) is 0.277. The summed E-state index contributed by atoms with van der Waals surface area (Å²) in [6.45, 7) is 1.40. The number of allylic oxidation sites excluding steroid dienone is 3. The zero-order valence-electron chi connectivity index (χ0n) is 5.29. The molecule has 50 valence electrons. The molecule has 0 aromatic rings. The van der Waals surface area contributed by atoms with Gasteiger partial charge in [0.05, 0.1) is 5.70 Å². The Hall–Kier alpha value is -1.25. The van der Waals surface area contributed by atoms with Crippen LogP contribution in [0.2, 0.25) is 0 Å². The van der Waals surface area contributed by atoms with E-state index in [0.29, 0.717) is 0 Å². The van der Waals surface area contributed by atoms with E-state index in [1.807, 2.05) is 0 Å². The summed E-state index contributed by atoms with van der Waals surface area (Å²) in [6.07, 6.45) is 4.29. The largest absolute Gasteiger partial charge is 0.405 e. The highest BCUT2D eigenvalue weighted by atomic mass is 16.1. The van der Waals surface area contributed by atoms with Gasteiger partial charge in [0, 0.05) is 6.92 Å². The van der Waals surface area contributed by atoms with E-state index in [4.69, 9.17) is 11.5 Å². The lowest BCUT2D eigenvalue weighted by Crippen LogP contribution is -2.05. The number of hydrogen-bond acceptors (Lipinski definition) is 3. The Balaban J connectivity index is 4.00. The molecule has 0 bridgehead atoms. The van der Waals surface area contributed by atoms with Crippen LogP contribution in [0.3, 0.4) is 0 Å². The average molecular weight is 126 g/mol. The molecule has 0 saturated carbocycles. The minimum Gasteiger partial charge on any atom is -0.405 e. The van der Waals surface area contributed by atoms with Crippen LogP contribution in [0.5, 0.6) is 0 Å². The van der Waals surface area contributed by atoms with Crippen molar-refractivity contribution in [3.8, 4) is 0 Å². The van der Waals surface area contributed by atoms with Gasteiger partial charge < -0.3 is 11.5 Å². The molecule has 0 amide bonds. The molecular weight excluding hydrogens is 116 g/mol. The molecule has 0 unspecified atom stereocenters. The lowest BCUT2D eigenvalue weighted by Gasteiger charge is -1.87. The normalized spacial score (nSPS) is 12.3. The highest BCUT2D eigenvalue weighted by Gasteiger charge is 1.91. The first-order valence-electron chi connectivity index (χ1n) is 2.53. The molecule has 0 aromatic carbocycles. The van der Waals surface area contributed by atoms with Crippen LogP contribution in [-0.4, -0.2) is 5.78 Å². The number of hydrogen-bond donors (Lipinski definition) is 2. The zero-order valence-corrected chi connectivity index (χ0v) is 5.29. The molecule has 0 aliphatic heterocycles. The molecule has 3 heteroatoms. The Morgan fingerprint density at radius 1 is 1.56 bits per heavy atom. The first-order valence-corrected chi connectivity index (χ1v) is 2.53. The summed E-state index contributed by atoms with van der Waals surface area (Å²) < 4.78 is 0. The Bertz CT molecular complexity index is 158. The number of carbonyl (C=O) groups excluding carboxylic acids is 1. The fourth-order valence-corrected chi connectivity index (χ4v) is 0.277. The smallest absolute Gasteiger partial charge is 0.175 e. The van der Waals surface area contributed by atoms with E-state index in [2.05, 4.69) is 0 Å². The molecule has 9 heavy (non-hydrogen) atoms. The van der Waals surface area contributed by atoms with Crippen LogP contribution in [0, 0.1) is 0 Å². The Labute approximate surface area is 54.0 Å². The lowest BCUT2D eigenvalue weighted by molar-refractivity contribution is -0.113. The summed E-state index contributed by atoms with van der Waals surface area (Å²) >= 11 is 0. The van der Waals surface area contributed by atoms with Crippen LogP contribution in [-0.2, 0) is 4.79 Å². The van der Waals surface area contributed by atoms with Gasteiger partial charge in [-0.1, -0.05) is 0 Å². The topological polar surface area (TPSA) is 69.1 Å². The first kappa shape index (κ1) is 7.75. The molecule has 0 aromatic heterocycles. The third-order valence-electron chi connectivity index (χ3n) is 0.793. The van der Waals surface area contributed by atoms with Gasteiger partial charge in [-0.05, 0) is 18.4 Å². The van der Waals surface area contributed by atoms with Gasteiger partial charge in [-0.2, -0.15) is 0 Å². The van der Waals surface area contributed by atoms with E-state index in [-0.39, 0.29) is 11.5 Å². The molecule has 0 saturated heterocycles. The molecule has 0 aliphatic carbocycles. The van der Waals surface area contributed by atoms with Gasteiger partial charge >= 0.3 is 0 Å². The van der Waals surface area contributed by atoms with Crippen molar-refractivity contribution >= 4 is 5.78 Å². The molecule has 3 nitrogen and oxygen atoms in total. The maximum absolute atomic E-state index is 10.4. The van der Waals surface area contributed by atoms with E-state index in [1.54, 1.807) is 0 Å². The van der Waals surface area contributed by atoms with Crippen molar-refractivity contribution in [1.29, 1.82) is 0 Å². The molecule has 0 spiro atoms. The predicted molar refractivity (Wildman–Crippen MR) is 36.3 cm³/mol.